The van der Waals surface area contributed by atoms with Crippen molar-refractivity contribution in [3.8, 4) is 16.9 Å². The minimum atomic E-state index is 0.0464. The zero-order valence-electron chi connectivity index (χ0n) is 17.9. The number of allylic oxidation sites excluding steroid dienone is 1. The topological polar surface area (TPSA) is 42.7 Å². The molecule has 3 aromatic rings. The molecule has 0 aliphatic carbocycles. The monoisotopic (exact) mass is 457 g/mol. The Morgan fingerprint density at radius 3 is 2.55 bits per heavy atom. The highest BCUT2D eigenvalue weighted by Crippen LogP contribution is 2.42. The van der Waals surface area contributed by atoms with Crippen LogP contribution < -0.4 is 4.74 Å². The molecule has 1 aliphatic heterocycles. The first kappa shape index (κ1) is 21.8. The Kier molecular flexibility index (Phi) is 6.31. The normalized spacial score (nSPS) is 14.9. The van der Waals surface area contributed by atoms with E-state index in [9.17, 15) is 4.79 Å². The van der Waals surface area contributed by atoms with Crippen LogP contribution in [0.4, 0.5) is 0 Å². The number of nitrogens with zero attached hydrogens (tertiary/aromatic N) is 1. The number of piperidine rings is 1. The van der Waals surface area contributed by atoms with Crippen LogP contribution in [0.25, 0.3) is 27.7 Å². The van der Waals surface area contributed by atoms with Gasteiger partial charge in [-0.25, -0.2) is 0 Å². The number of fused-ring (bicyclic) bond motifs is 1. The molecule has 0 N–H and O–H groups in total. The molecule has 1 saturated heterocycles. The fourth-order valence-electron chi connectivity index (χ4n) is 4.26. The number of aryl methyl sites for hydroxylation is 1. The van der Waals surface area contributed by atoms with E-state index in [1.54, 1.807) is 31.6 Å². The Balaban J connectivity index is 1.83. The van der Waals surface area contributed by atoms with Crippen LogP contribution >= 0.6 is 23.2 Å². The van der Waals surface area contributed by atoms with Crippen LogP contribution in [0.1, 0.15) is 37.3 Å². The maximum absolute atomic E-state index is 12.8. The smallest absolute Gasteiger partial charge is 0.246 e. The maximum atomic E-state index is 12.8. The van der Waals surface area contributed by atoms with Gasteiger partial charge in [-0.3, -0.25) is 4.79 Å². The van der Waals surface area contributed by atoms with Crippen LogP contribution in [-0.4, -0.2) is 31.0 Å². The highest BCUT2D eigenvalue weighted by Gasteiger charge is 2.21. The van der Waals surface area contributed by atoms with Crippen molar-refractivity contribution in [3.05, 3.63) is 57.8 Å². The summed E-state index contributed by atoms with van der Waals surface area (Å²) in [4.78, 5) is 14.7. The molecule has 0 bridgehead atoms. The van der Waals surface area contributed by atoms with Gasteiger partial charge in [-0.2, -0.15) is 0 Å². The number of furan rings is 1. The van der Waals surface area contributed by atoms with Crippen molar-refractivity contribution >= 4 is 45.7 Å². The molecule has 1 fully saturated rings. The van der Waals surface area contributed by atoms with Crippen molar-refractivity contribution in [3.63, 3.8) is 0 Å². The van der Waals surface area contributed by atoms with Gasteiger partial charge in [-0.05, 0) is 56.9 Å². The van der Waals surface area contributed by atoms with Crippen LogP contribution in [0.5, 0.6) is 5.75 Å². The molecule has 0 spiro atoms. The van der Waals surface area contributed by atoms with E-state index in [2.05, 4.69) is 0 Å². The Bertz CT molecular complexity index is 1170. The van der Waals surface area contributed by atoms with Gasteiger partial charge in [0, 0.05) is 51.8 Å². The Labute approximate surface area is 192 Å². The average molecular weight is 458 g/mol. The SMILES string of the molecule is COc1c(/C(C)=C/C(=O)N2CCCCC2)cc2c(-c3ccc(Cl)cc3Cl)coc2c1C. The van der Waals surface area contributed by atoms with E-state index in [0.717, 1.165) is 64.7 Å². The summed E-state index contributed by atoms with van der Waals surface area (Å²) in [6, 6.07) is 7.43. The fourth-order valence-corrected chi connectivity index (χ4v) is 4.77. The van der Waals surface area contributed by atoms with Gasteiger partial charge in [0.25, 0.3) is 0 Å². The van der Waals surface area contributed by atoms with Gasteiger partial charge >= 0.3 is 0 Å². The Hall–Kier alpha value is -2.43. The van der Waals surface area contributed by atoms with Crippen LogP contribution in [-0.2, 0) is 4.79 Å². The van der Waals surface area contributed by atoms with Crippen LogP contribution in [0.3, 0.4) is 0 Å². The third-order valence-corrected chi connectivity index (χ3v) is 6.45. The molecule has 1 aliphatic rings. The van der Waals surface area contributed by atoms with Crippen molar-refractivity contribution in [2.75, 3.05) is 20.2 Å². The first-order chi connectivity index (χ1) is 14.9. The third kappa shape index (κ3) is 4.19. The highest BCUT2D eigenvalue weighted by atomic mass is 35.5. The molecule has 0 radical (unpaired) electrons. The lowest BCUT2D eigenvalue weighted by Gasteiger charge is -2.25. The number of carbonyl (C=O) groups is 1. The minimum absolute atomic E-state index is 0.0464. The first-order valence-corrected chi connectivity index (χ1v) is 11.2. The molecule has 0 atom stereocenters. The van der Waals surface area contributed by atoms with Crippen molar-refractivity contribution in [1.29, 1.82) is 0 Å². The summed E-state index contributed by atoms with van der Waals surface area (Å²) in [5.41, 5.74) is 5.05. The quantitative estimate of drug-likeness (QED) is 0.390. The fraction of sp³-hybridized carbons (Fsp3) is 0.320. The summed E-state index contributed by atoms with van der Waals surface area (Å²) < 4.78 is 11.6. The number of hydrogen-bond donors (Lipinski definition) is 0. The second-order valence-electron chi connectivity index (χ2n) is 7.95. The third-order valence-electron chi connectivity index (χ3n) is 5.90. The number of ether oxygens (including phenoxy) is 1. The molecule has 1 amide bonds. The molecule has 1 aromatic heterocycles. The molecule has 4 rings (SSSR count). The van der Waals surface area contributed by atoms with Gasteiger partial charge in [0.2, 0.25) is 5.91 Å². The largest absolute Gasteiger partial charge is 0.496 e. The number of benzene rings is 2. The van der Waals surface area contributed by atoms with Crippen LogP contribution in [0, 0.1) is 6.92 Å². The maximum Gasteiger partial charge on any atom is 0.246 e. The number of hydrogen-bond acceptors (Lipinski definition) is 3. The van der Waals surface area contributed by atoms with E-state index in [1.807, 2.05) is 30.9 Å². The van der Waals surface area contributed by atoms with Gasteiger partial charge < -0.3 is 14.1 Å². The summed E-state index contributed by atoms with van der Waals surface area (Å²) in [6.07, 6.45) is 6.73. The van der Waals surface area contributed by atoms with Gasteiger partial charge in [0.15, 0.2) is 0 Å². The van der Waals surface area contributed by atoms with E-state index in [4.69, 9.17) is 32.4 Å². The standard InChI is InChI=1S/C25H25Cl2NO3/c1-15(11-23(29)28-9-5-4-6-10-28)19-13-20-21(18-8-7-17(26)12-22(18)27)14-31-25(20)16(2)24(19)30-3/h7-8,11-14H,4-6,9-10H2,1-3H3/b15-11+. The summed E-state index contributed by atoms with van der Waals surface area (Å²) in [5.74, 6) is 0.751. The highest BCUT2D eigenvalue weighted by molar-refractivity contribution is 6.36. The molecular weight excluding hydrogens is 433 g/mol. The number of likely N-dealkylation sites (tertiary alicyclic amines) is 1. The van der Waals surface area contributed by atoms with Crippen LogP contribution in [0.2, 0.25) is 10.0 Å². The van der Waals surface area contributed by atoms with Gasteiger partial charge in [-0.15, -0.1) is 0 Å². The van der Waals surface area contributed by atoms with E-state index in [0.29, 0.717) is 15.8 Å². The van der Waals surface area contributed by atoms with Gasteiger partial charge in [-0.1, -0.05) is 29.3 Å². The Morgan fingerprint density at radius 2 is 1.87 bits per heavy atom. The predicted molar refractivity (Wildman–Crippen MR) is 127 cm³/mol. The van der Waals surface area contributed by atoms with E-state index < -0.39 is 0 Å². The zero-order valence-corrected chi connectivity index (χ0v) is 19.4. The number of amides is 1. The zero-order chi connectivity index (χ0) is 22.1. The summed E-state index contributed by atoms with van der Waals surface area (Å²) in [5, 5.41) is 2.04. The van der Waals surface area contributed by atoms with E-state index in [-0.39, 0.29) is 5.91 Å². The molecule has 6 heteroatoms. The van der Waals surface area contributed by atoms with Gasteiger partial charge in [0.05, 0.1) is 18.4 Å². The molecule has 4 nitrogen and oxygen atoms in total. The lowest BCUT2D eigenvalue weighted by atomic mass is 9.96. The molecule has 31 heavy (non-hydrogen) atoms. The first-order valence-electron chi connectivity index (χ1n) is 10.4. The second kappa shape index (κ2) is 8.97. The number of methoxy groups -OCH3 is 1. The van der Waals surface area contributed by atoms with Crippen molar-refractivity contribution in [2.45, 2.75) is 33.1 Å². The lowest BCUT2D eigenvalue weighted by Crippen LogP contribution is -2.34. The molecule has 162 valence electrons. The number of halogens is 2. The number of rotatable bonds is 4. The van der Waals surface area contributed by atoms with Gasteiger partial charge in [0.1, 0.15) is 11.3 Å². The summed E-state index contributed by atoms with van der Waals surface area (Å²) in [7, 11) is 1.64. The summed E-state index contributed by atoms with van der Waals surface area (Å²) >= 11 is 12.5. The Morgan fingerprint density at radius 1 is 1.13 bits per heavy atom. The van der Waals surface area contributed by atoms with E-state index in [1.165, 1.54) is 6.42 Å². The van der Waals surface area contributed by atoms with Crippen LogP contribution in [0.15, 0.2) is 41.0 Å². The van der Waals surface area contributed by atoms with Crippen molar-refractivity contribution in [1.82, 2.24) is 4.90 Å². The van der Waals surface area contributed by atoms with Crippen molar-refractivity contribution < 1.29 is 13.9 Å². The number of carbonyl (C=O) groups excluding carboxylic acids is 1. The van der Waals surface area contributed by atoms with E-state index >= 15 is 0 Å². The lowest BCUT2D eigenvalue weighted by molar-refractivity contribution is -0.126. The molecule has 0 saturated carbocycles. The van der Waals surface area contributed by atoms with Crippen molar-refractivity contribution in [2.24, 2.45) is 0 Å². The molecule has 2 aromatic carbocycles. The second-order valence-corrected chi connectivity index (χ2v) is 8.79. The minimum Gasteiger partial charge on any atom is -0.496 e. The molecule has 2 heterocycles. The molecule has 0 unspecified atom stereocenters. The predicted octanol–water partition coefficient (Wildman–Crippen LogP) is 7.14. The summed E-state index contributed by atoms with van der Waals surface area (Å²) in [6.45, 7) is 5.54. The average Bonchev–Trinajstić information content (AvgIpc) is 3.18. The molecular formula is C25H25Cl2NO3.